The molecular weight excluding hydrogens is 370 g/mol. The van der Waals surface area contributed by atoms with Crippen molar-refractivity contribution in [3.63, 3.8) is 0 Å². The zero-order chi connectivity index (χ0) is 20.6. The number of hydrogen-bond acceptors (Lipinski definition) is 8. The van der Waals surface area contributed by atoms with Crippen molar-refractivity contribution in [1.82, 2.24) is 20.6 Å². The summed E-state index contributed by atoms with van der Waals surface area (Å²) in [6.07, 6.45) is 2.66. The Morgan fingerprint density at radius 1 is 1.34 bits per heavy atom. The van der Waals surface area contributed by atoms with Crippen LogP contribution in [0.1, 0.15) is 18.2 Å². The fourth-order valence-electron chi connectivity index (χ4n) is 3.33. The van der Waals surface area contributed by atoms with E-state index in [1.807, 2.05) is 12.1 Å². The van der Waals surface area contributed by atoms with Crippen molar-refractivity contribution in [2.75, 3.05) is 40.4 Å². The molecule has 2 atom stereocenters. The number of nitrogens with one attached hydrogen (secondary N) is 2. The van der Waals surface area contributed by atoms with Crippen LogP contribution in [0.25, 0.3) is 11.3 Å². The van der Waals surface area contributed by atoms with Crippen molar-refractivity contribution < 1.29 is 14.3 Å². The number of ketones is 1. The summed E-state index contributed by atoms with van der Waals surface area (Å²) in [6.45, 7) is 2.85. The Hall–Kier alpha value is -3.02. The molecular formula is C21H25N5O3. The topological polar surface area (TPSA) is 109 Å². The van der Waals surface area contributed by atoms with Crippen LogP contribution in [0.15, 0.2) is 30.5 Å². The second kappa shape index (κ2) is 9.96. The van der Waals surface area contributed by atoms with E-state index in [-0.39, 0.29) is 18.2 Å². The summed E-state index contributed by atoms with van der Waals surface area (Å²) in [5.74, 6) is 0.664. The third-order valence-corrected chi connectivity index (χ3v) is 4.96. The molecule has 2 N–H and O–H groups in total. The smallest absolute Gasteiger partial charge is 0.171 e. The lowest BCUT2D eigenvalue weighted by Crippen LogP contribution is -2.32. The van der Waals surface area contributed by atoms with E-state index in [0.717, 1.165) is 31.6 Å². The molecule has 0 bridgehead atoms. The fourth-order valence-corrected chi connectivity index (χ4v) is 3.33. The van der Waals surface area contributed by atoms with Crippen molar-refractivity contribution in [3.05, 3.63) is 36.3 Å². The minimum Gasteiger partial charge on any atom is -0.493 e. The van der Waals surface area contributed by atoms with Gasteiger partial charge in [-0.1, -0.05) is 0 Å². The maximum Gasteiger partial charge on any atom is 0.171 e. The van der Waals surface area contributed by atoms with Gasteiger partial charge in [-0.05, 0) is 56.2 Å². The molecule has 1 saturated heterocycles. The Morgan fingerprint density at radius 3 is 2.86 bits per heavy atom. The van der Waals surface area contributed by atoms with E-state index in [1.54, 1.807) is 38.6 Å². The number of methoxy groups -OCH3 is 2. The molecule has 0 saturated carbocycles. The van der Waals surface area contributed by atoms with Gasteiger partial charge >= 0.3 is 0 Å². The van der Waals surface area contributed by atoms with E-state index in [9.17, 15) is 10.1 Å². The van der Waals surface area contributed by atoms with Crippen LogP contribution in [0.5, 0.6) is 11.5 Å². The average Bonchev–Trinajstić information content (AvgIpc) is 3.27. The normalized spacial score (nSPS) is 16.8. The van der Waals surface area contributed by atoms with Crippen LogP contribution < -0.4 is 20.1 Å². The number of carbonyl (C=O) groups is 1. The third kappa shape index (κ3) is 5.08. The molecule has 2 unspecified atom stereocenters. The zero-order valence-corrected chi connectivity index (χ0v) is 16.6. The Kier molecular flexibility index (Phi) is 7.11. The third-order valence-electron chi connectivity index (χ3n) is 4.96. The van der Waals surface area contributed by atoms with Gasteiger partial charge in [0.2, 0.25) is 0 Å². The second-order valence-electron chi connectivity index (χ2n) is 6.89. The van der Waals surface area contributed by atoms with Crippen molar-refractivity contribution in [1.29, 1.82) is 5.26 Å². The molecule has 1 aromatic heterocycles. The first-order valence-electron chi connectivity index (χ1n) is 9.55. The average molecular weight is 395 g/mol. The van der Waals surface area contributed by atoms with Gasteiger partial charge in [0.1, 0.15) is 0 Å². The van der Waals surface area contributed by atoms with Crippen LogP contribution in [0.4, 0.5) is 0 Å². The van der Waals surface area contributed by atoms with Gasteiger partial charge in [0.25, 0.3) is 0 Å². The number of Topliss-reactive ketones (excluding diaryl/α,β-unsaturated/α-hetero) is 1. The molecule has 8 nitrogen and oxygen atoms in total. The molecule has 152 valence electrons. The van der Waals surface area contributed by atoms with Crippen LogP contribution >= 0.6 is 0 Å². The number of nitriles is 1. The van der Waals surface area contributed by atoms with Crippen LogP contribution in [0, 0.1) is 17.2 Å². The van der Waals surface area contributed by atoms with E-state index in [0.29, 0.717) is 23.1 Å². The predicted octanol–water partition coefficient (Wildman–Crippen LogP) is 1.54. The maximum absolute atomic E-state index is 12.6. The van der Waals surface area contributed by atoms with Crippen LogP contribution in [-0.4, -0.2) is 56.1 Å². The molecule has 0 aliphatic carbocycles. The van der Waals surface area contributed by atoms with E-state index in [1.165, 1.54) is 0 Å². The Balaban J connectivity index is 1.72. The number of ether oxygens (including phenoxy) is 2. The summed E-state index contributed by atoms with van der Waals surface area (Å²) in [5.41, 5.74) is 1.39. The van der Waals surface area contributed by atoms with Gasteiger partial charge in [-0.3, -0.25) is 4.79 Å². The lowest BCUT2D eigenvalue weighted by Gasteiger charge is -2.12. The van der Waals surface area contributed by atoms with Crippen molar-refractivity contribution in [3.8, 4) is 28.8 Å². The first-order valence-corrected chi connectivity index (χ1v) is 9.55. The molecule has 29 heavy (non-hydrogen) atoms. The Labute approximate surface area is 170 Å². The minimum absolute atomic E-state index is 0.124. The fraction of sp³-hybridized carbons (Fsp3) is 0.429. The molecule has 8 heteroatoms. The molecule has 1 aliphatic heterocycles. The van der Waals surface area contributed by atoms with Gasteiger partial charge in [-0.2, -0.15) is 5.26 Å². The van der Waals surface area contributed by atoms with E-state index < -0.39 is 5.92 Å². The summed E-state index contributed by atoms with van der Waals surface area (Å²) in [5, 5.41) is 16.0. The number of rotatable bonds is 9. The first kappa shape index (κ1) is 20.7. The molecule has 1 fully saturated rings. The monoisotopic (exact) mass is 395 g/mol. The largest absolute Gasteiger partial charge is 0.493 e. The highest BCUT2D eigenvalue weighted by Crippen LogP contribution is 2.31. The molecule has 3 rings (SSSR count). The van der Waals surface area contributed by atoms with Crippen LogP contribution in [0.2, 0.25) is 0 Å². The zero-order valence-electron chi connectivity index (χ0n) is 16.6. The summed E-state index contributed by atoms with van der Waals surface area (Å²) < 4.78 is 10.6. The number of carbonyl (C=O) groups excluding carboxylic acids is 1. The quantitative estimate of drug-likeness (QED) is 0.658. The Bertz CT molecular complexity index is 890. The lowest BCUT2D eigenvalue weighted by atomic mass is 10.0. The van der Waals surface area contributed by atoms with Crippen LogP contribution in [-0.2, 0) is 4.79 Å². The van der Waals surface area contributed by atoms with Gasteiger partial charge in [0, 0.05) is 11.8 Å². The molecule has 1 aliphatic rings. The van der Waals surface area contributed by atoms with Crippen molar-refractivity contribution in [2.45, 2.75) is 12.3 Å². The molecule has 2 heterocycles. The summed E-state index contributed by atoms with van der Waals surface area (Å²) >= 11 is 0. The number of nitrogens with zero attached hydrogens (tertiary/aromatic N) is 3. The maximum atomic E-state index is 12.6. The lowest BCUT2D eigenvalue weighted by molar-refractivity contribution is -0.118. The Morgan fingerprint density at radius 2 is 2.17 bits per heavy atom. The van der Waals surface area contributed by atoms with Gasteiger partial charge < -0.3 is 20.1 Å². The van der Waals surface area contributed by atoms with Crippen molar-refractivity contribution in [2.24, 2.45) is 5.92 Å². The van der Waals surface area contributed by atoms with E-state index in [2.05, 4.69) is 20.6 Å². The highest BCUT2D eigenvalue weighted by atomic mass is 16.5. The summed E-state index contributed by atoms with van der Waals surface area (Å²) in [7, 11) is 3.13. The van der Waals surface area contributed by atoms with Crippen LogP contribution in [0.3, 0.4) is 0 Å². The van der Waals surface area contributed by atoms with Gasteiger partial charge in [0.05, 0.1) is 32.5 Å². The molecule has 0 spiro atoms. The van der Waals surface area contributed by atoms with Gasteiger partial charge in [0.15, 0.2) is 29.0 Å². The predicted molar refractivity (Wildman–Crippen MR) is 108 cm³/mol. The highest BCUT2D eigenvalue weighted by Gasteiger charge is 2.24. The number of aromatic nitrogens is 2. The standard InChI is InChI=1S/C21H25N5O3/c1-28-19-4-3-15(9-20(19)29-2)17-6-8-25-21(26-17)16(10-22)18(27)13-24-12-14-5-7-23-11-14/h3-4,6,8-9,14,16,23-24H,5,7,11-13H2,1-2H3. The molecule has 1 aromatic carbocycles. The van der Waals surface area contributed by atoms with Gasteiger partial charge in [-0.15, -0.1) is 0 Å². The van der Waals surface area contributed by atoms with E-state index >= 15 is 0 Å². The first-order chi connectivity index (χ1) is 14.2. The highest BCUT2D eigenvalue weighted by molar-refractivity contribution is 5.89. The van der Waals surface area contributed by atoms with E-state index in [4.69, 9.17) is 9.47 Å². The number of benzene rings is 1. The summed E-state index contributed by atoms with van der Waals surface area (Å²) in [4.78, 5) is 21.2. The minimum atomic E-state index is -1.01. The van der Waals surface area contributed by atoms with Crippen molar-refractivity contribution >= 4 is 5.78 Å². The summed E-state index contributed by atoms with van der Waals surface area (Å²) in [6, 6.07) is 9.20. The molecule has 2 aromatic rings. The SMILES string of the molecule is COc1ccc(-c2ccnc(C(C#N)C(=O)CNCC3CCNC3)n2)cc1OC. The molecule has 0 radical (unpaired) electrons. The number of hydrogen-bond donors (Lipinski definition) is 2. The van der Waals surface area contributed by atoms with Gasteiger partial charge in [-0.25, -0.2) is 9.97 Å². The molecule has 0 amide bonds. The second-order valence-corrected chi connectivity index (χ2v) is 6.89.